The third-order valence-corrected chi connectivity index (χ3v) is 4.22. The number of benzene rings is 1. The molecule has 1 N–H and O–H groups in total. The van der Waals surface area contributed by atoms with Gasteiger partial charge in [0.15, 0.2) is 0 Å². The molecule has 1 nitrogen and oxygen atoms in total. The van der Waals surface area contributed by atoms with Crippen LogP contribution in [0.1, 0.15) is 44.6 Å². The Labute approximate surface area is 114 Å². The van der Waals surface area contributed by atoms with Crippen molar-refractivity contribution in [1.82, 2.24) is 5.32 Å². The maximum Gasteiger partial charge on any atom is 0.129 e. The van der Waals surface area contributed by atoms with Gasteiger partial charge in [0.05, 0.1) is 0 Å². The van der Waals surface area contributed by atoms with Crippen LogP contribution in [0.5, 0.6) is 0 Å². The van der Waals surface area contributed by atoms with Crippen LogP contribution < -0.4 is 5.32 Å². The fourth-order valence-electron chi connectivity index (χ4n) is 2.74. The molecule has 2 rings (SSSR count). The van der Waals surface area contributed by atoms with Crippen molar-refractivity contribution in [3.63, 3.8) is 0 Å². The summed E-state index contributed by atoms with van der Waals surface area (Å²) in [5, 5.41) is 3.90. The molecular weight excluding hydrogens is 249 g/mol. The first-order valence-corrected chi connectivity index (χ1v) is 7.22. The van der Waals surface area contributed by atoms with Gasteiger partial charge >= 0.3 is 0 Å². The fraction of sp³-hybridized carbons (Fsp3) is 0.600. The average Bonchev–Trinajstić information content (AvgIpc) is 2.38. The maximum atomic E-state index is 13.6. The van der Waals surface area contributed by atoms with Crippen molar-refractivity contribution < 1.29 is 4.39 Å². The van der Waals surface area contributed by atoms with Crippen LogP contribution in [0.3, 0.4) is 0 Å². The largest absolute Gasteiger partial charge is 0.310 e. The van der Waals surface area contributed by atoms with Crippen molar-refractivity contribution in [1.29, 1.82) is 0 Å². The minimum absolute atomic E-state index is 0.217. The standard InChI is InChI=1S/C15H21ClFN/c1-11(12-5-3-2-4-6-12)18-10-13-7-8-14(16)9-15(13)17/h7-9,11-12,18H,2-6,10H2,1H3/t11-/m1/s1. The molecule has 0 aliphatic heterocycles. The lowest BCUT2D eigenvalue weighted by Gasteiger charge is -2.28. The monoisotopic (exact) mass is 269 g/mol. The van der Waals surface area contributed by atoms with Gasteiger partial charge < -0.3 is 5.32 Å². The normalized spacial score (nSPS) is 18.8. The second-order valence-electron chi connectivity index (χ2n) is 5.30. The number of halogens is 2. The molecule has 1 atom stereocenters. The Morgan fingerprint density at radius 2 is 2.06 bits per heavy atom. The molecule has 1 aliphatic carbocycles. The van der Waals surface area contributed by atoms with Crippen LogP contribution in [-0.2, 0) is 6.54 Å². The predicted molar refractivity (Wildman–Crippen MR) is 74.3 cm³/mol. The Balaban J connectivity index is 1.86. The summed E-state index contributed by atoms with van der Waals surface area (Å²) >= 11 is 5.74. The van der Waals surface area contributed by atoms with Crippen LogP contribution in [0.2, 0.25) is 5.02 Å². The van der Waals surface area contributed by atoms with Gasteiger partial charge in [-0.25, -0.2) is 4.39 Å². The molecule has 1 aromatic carbocycles. The summed E-state index contributed by atoms with van der Waals surface area (Å²) in [4.78, 5) is 0. The van der Waals surface area contributed by atoms with Gasteiger partial charge in [0.25, 0.3) is 0 Å². The van der Waals surface area contributed by atoms with Crippen molar-refractivity contribution in [2.75, 3.05) is 0 Å². The summed E-state index contributed by atoms with van der Waals surface area (Å²) in [6.07, 6.45) is 6.65. The summed E-state index contributed by atoms with van der Waals surface area (Å²) < 4.78 is 13.6. The molecule has 18 heavy (non-hydrogen) atoms. The Bertz CT molecular complexity index is 388. The Morgan fingerprint density at radius 3 is 2.72 bits per heavy atom. The quantitative estimate of drug-likeness (QED) is 0.846. The van der Waals surface area contributed by atoms with Crippen LogP contribution in [0.25, 0.3) is 0 Å². The first-order valence-electron chi connectivity index (χ1n) is 6.84. The van der Waals surface area contributed by atoms with E-state index in [1.54, 1.807) is 12.1 Å². The van der Waals surface area contributed by atoms with E-state index in [4.69, 9.17) is 11.6 Å². The lowest BCUT2D eigenvalue weighted by atomic mass is 9.84. The molecule has 0 radical (unpaired) electrons. The Morgan fingerprint density at radius 1 is 1.33 bits per heavy atom. The van der Waals surface area contributed by atoms with Crippen LogP contribution in [0.15, 0.2) is 18.2 Å². The summed E-state index contributed by atoms with van der Waals surface area (Å²) in [7, 11) is 0. The van der Waals surface area contributed by atoms with E-state index in [1.807, 2.05) is 0 Å². The fourth-order valence-corrected chi connectivity index (χ4v) is 2.90. The third kappa shape index (κ3) is 3.69. The first-order chi connectivity index (χ1) is 8.66. The summed E-state index contributed by atoms with van der Waals surface area (Å²) in [5.41, 5.74) is 0.696. The van der Waals surface area contributed by atoms with Gasteiger partial charge in [-0.15, -0.1) is 0 Å². The van der Waals surface area contributed by atoms with Gasteiger partial charge in [-0.3, -0.25) is 0 Å². The molecule has 3 heteroatoms. The van der Waals surface area contributed by atoms with Gasteiger partial charge in [-0.05, 0) is 37.8 Å². The van der Waals surface area contributed by atoms with E-state index >= 15 is 0 Å². The van der Waals surface area contributed by atoms with Crippen molar-refractivity contribution in [2.24, 2.45) is 5.92 Å². The minimum atomic E-state index is -0.217. The van der Waals surface area contributed by atoms with E-state index in [0.717, 1.165) is 5.92 Å². The highest BCUT2D eigenvalue weighted by Crippen LogP contribution is 2.26. The van der Waals surface area contributed by atoms with Crippen LogP contribution >= 0.6 is 11.6 Å². The Hall–Kier alpha value is -0.600. The second kappa shape index (κ2) is 6.53. The molecule has 100 valence electrons. The van der Waals surface area contributed by atoms with E-state index in [0.29, 0.717) is 23.2 Å². The third-order valence-electron chi connectivity index (χ3n) is 3.99. The predicted octanol–water partition coefficient (Wildman–Crippen LogP) is 4.54. The van der Waals surface area contributed by atoms with Crippen LogP contribution in [-0.4, -0.2) is 6.04 Å². The van der Waals surface area contributed by atoms with Crippen molar-refractivity contribution >= 4 is 11.6 Å². The molecule has 0 unspecified atom stereocenters. The molecule has 0 heterocycles. The SMILES string of the molecule is C[C@@H](NCc1ccc(Cl)cc1F)C1CCCCC1. The van der Waals surface area contributed by atoms with E-state index in [-0.39, 0.29) is 5.82 Å². The lowest BCUT2D eigenvalue weighted by Crippen LogP contribution is -2.34. The molecule has 1 aromatic rings. The van der Waals surface area contributed by atoms with E-state index in [9.17, 15) is 4.39 Å². The zero-order valence-electron chi connectivity index (χ0n) is 10.9. The topological polar surface area (TPSA) is 12.0 Å². The lowest BCUT2D eigenvalue weighted by molar-refractivity contribution is 0.280. The number of hydrogen-bond donors (Lipinski definition) is 1. The zero-order valence-corrected chi connectivity index (χ0v) is 11.6. The summed E-state index contributed by atoms with van der Waals surface area (Å²) in [5.74, 6) is 0.528. The summed E-state index contributed by atoms with van der Waals surface area (Å²) in [6.45, 7) is 2.80. The average molecular weight is 270 g/mol. The molecule has 0 saturated heterocycles. The van der Waals surface area contributed by atoms with Crippen molar-refractivity contribution in [3.05, 3.63) is 34.6 Å². The van der Waals surface area contributed by atoms with E-state index < -0.39 is 0 Å². The zero-order chi connectivity index (χ0) is 13.0. The van der Waals surface area contributed by atoms with Crippen LogP contribution in [0.4, 0.5) is 4.39 Å². The Kier molecular flexibility index (Phi) is 5.02. The number of rotatable bonds is 4. The van der Waals surface area contributed by atoms with E-state index in [1.165, 1.54) is 38.2 Å². The highest BCUT2D eigenvalue weighted by molar-refractivity contribution is 6.30. The van der Waals surface area contributed by atoms with Gasteiger partial charge in [-0.2, -0.15) is 0 Å². The smallest absolute Gasteiger partial charge is 0.129 e. The molecule has 0 spiro atoms. The second-order valence-corrected chi connectivity index (χ2v) is 5.74. The van der Waals surface area contributed by atoms with Gasteiger partial charge in [0.1, 0.15) is 5.82 Å². The first kappa shape index (κ1) is 13.8. The van der Waals surface area contributed by atoms with E-state index in [2.05, 4.69) is 12.2 Å². The molecule has 1 fully saturated rings. The molecule has 0 bridgehead atoms. The van der Waals surface area contributed by atoms with Crippen LogP contribution in [0, 0.1) is 11.7 Å². The molecule has 0 aromatic heterocycles. The highest BCUT2D eigenvalue weighted by atomic mass is 35.5. The van der Waals surface area contributed by atoms with Gasteiger partial charge in [0, 0.05) is 23.2 Å². The van der Waals surface area contributed by atoms with Crippen molar-refractivity contribution in [2.45, 2.75) is 51.6 Å². The summed E-state index contributed by atoms with van der Waals surface area (Å²) in [6, 6.07) is 5.34. The van der Waals surface area contributed by atoms with Crippen molar-refractivity contribution in [3.8, 4) is 0 Å². The van der Waals surface area contributed by atoms with Gasteiger partial charge in [-0.1, -0.05) is 36.9 Å². The molecule has 0 amide bonds. The number of hydrogen-bond acceptors (Lipinski definition) is 1. The molecule has 1 aliphatic rings. The highest BCUT2D eigenvalue weighted by Gasteiger charge is 2.19. The molecule has 1 saturated carbocycles. The molecular formula is C15H21ClFN. The maximum absolute atomic E-state index is 13.6. The number of nitrogens with one attached hydrogen (secondary N) is 1. The minimum Gasteiger partial charge on any atom is -0.310 e. The van der Waals surface area contributed by atoms with Gasteiger partial charge in [0.2, 0.25) is 0 Å².